The van der Waals surface area contributed by atoms with Crippen molar-refractivity contribution >= 4 is 18.1 Å². The molecular weight excluding hydrogens is 236 g/mol. The lowest BCUT2D eigenvalue weighted by molar-refractivity contribution is -0.144. The van der Waals surface area contributed by atoms with Gasteiger partial charge < -0.3 is 9.84 Å². The fraction of sp³-hybridized carbons (Fsp3) is 0.250. The van der Waals surface area contributed by atoms with E-state index in [4.69, 9.17) is 9.84 Å². The Morgan fingerprint density at radius 3 is 2.50 bits per heavy atom. The monoisotopic (exact) mass is 250 g/mol. The zero-order valence-corrected chi connectivity index (χ0v) is 10.1. The van der Waals surface area contributed by atoms with Gasteiger partial charge in [-0.15, -0.1) is 0 Å². The van der Waals surface area contributed by atoms with Crippen LogP contribution in [0.4, 0.5) is 0 Å². The van der Waals surface area contributed by atoms with Crippen molar-refractivity contribution in [2.45, 2.75) is 20.0 Å². The van der Waals surface area contributed by atoms with Gasteiger partial charge in [0.1, 0.15) is 5.75 Å². The molecular formula is C12H14N2O4. The van der Waals surface area contributed by atoms with Gasteiger partial charge in [-0.3, -0.25) is 4.79 Å². The van der Waals surface area contributed by atoms with E-state index in [1.165, 1.54) is 20.1 Å². The van der Waals surface area contributed by atoms with E-state index in [9.17, 15) is 9.59 Å². The van der Waals surface area contributed by atoms with Gasteiger partial charge in [-0.05, 0) is 36.8 Å². The van der Waals surface area contributed by atoms with Crippen LogP contribution in [0.25, 0.3) is 0 Å². The summed E-state index contributed by atoms with van der Waals surface area (Å²) >= 11 is 0. The number of carboxylic acids is 1. The summed E-state index contributed by atoms with van der Waals surface area (Å²) in [5, 5.41) is 12.4. The molecule has 0 aliphatic carbocycles. The maximum absolute atomic E-state index is 10.6. The average molecular weight is 250 g/mol. The zero-order chi connectivity index (χ0) is 13.5. The summed E-state index contributed by atoms with van der Waals surface area (Å²) in [6.45, 7) is 2.82. The van der Waals surface area contributed by atoms with Crippen LogP contribution in [0.15, 0.2) is 29.4 Å². The second-order valence-corrected chi connectivity index (χ2v) is 3.59. The number of hydrazone groups is 1. The van der Waals surface area contributed by atoms with E-state index >= 15 is 0 Å². The van der Waals surface area contributed by atoms with Gasteiger partial charge in [0.15, 0.2) is 6.10 Å². The Kier molecular flexibility index (Phi) is 4.86. The highest BCUT2D eigenvalue weighted by Crippen LogP contribution is 2.13. The first-order chi connectivity index (χ1) is 8.49. The van der Waals surface area contributed by atoms with E-state index in [1.807, 2.05) is 0 Å². The normalized spacial score (nSPS) is 12.1. The van der Waals surface area contributed by atoms with Crippen LogP contribution in [0.2, 0.25) is 0 Å². The average Bonchev–Trinajstić information content (AvgIpc) is 2.30. The summed E-state index contributed by atoms with van der Waals surface area (Å²) in [5.74, 6) is -0.811. The molecule has 1 unspecified atom stereocenters. The minimum Gasteiger partial charge on any atom is -0.479 e. The number of carbonyl (C=O) groups is 2. The van der Waals surface area contributed by atoms with Crippen LogP contribution in [0.1, 0.15) is 19.4 Å². The second kappa shape index (κ2) is 6.39. The number of nitrogens with one attached hydrogen (secondary N) is 1. The highest BCUT2D eigenvalue weighted by Gasteiger charge is 2.11. The Hall–Kier alpha value is -2.37. The Labute approximate surface area is 104 Å². The molecule has 0 saturated heterocycles. The third-order valence-electron chi connectivity index (χ3n) is 1.98. The third kappa shape index (κ3) is 4.65. The number of hydrogen-bond acceptors (Lipinski definition) is 4. The molecule has 1 aromatic rings. The van der Waals surface area contributed by atoms with Gasteiger partial charge in [0, 0.05) is 6.92 Å². The number of carboxylic acid groups (broad SMARTS) is 1. The molecule has 18 heavy (non-hydrogen) atoms. The quantitative estimate of drug-likeness (QED) is 0.603. The summed E-state index contributed by atoms with van der Waals surface area (Å²) in [6, 6.07) is 6.67. The first-order valence-electron chi connectivity index (χ1n) is 5.28. The van der Waals surface area contributed by atoms with Gasteiger partial charge in [0.05, 0.1) is 6.21 Å². The molecule has 1 rings (SSSR count). The van der Waals surface area contributed by atoms with Crippen LogP contribution in [-0.4, -0.2) is 29.3 Å². The van der Waals surface area contributed by atoms with Gasteiger partial charge in [-0.2, -0.15) is 5.10 Å². The van der Waals surface area contributed by atoms with E-state index < -0.39 is 12.1 Å². The van der Waals surface area contributed by atoms with Crippen molar-refractivity contribution in [3.05, 3.63) is 29.8 Å². The van der Waals surface area contributed by atoms with Crippen molar-refractivity contribution in [1.82, 2.24) is 5.43 Å². The molecule has 0 bridgehead atoms. The Balaban J connectivity index is 2.60. The standard InChI is InChI=1S/C12H14N2O4/c1-8(12(16)17)18-11-5-3-10(4-6-11)7-13-14-9(2)15/h3-8H,1-2H3,(H,14,15)(H,16,17)/b13-7+. The van der Waals surface area contributed by atoms with Crippen LogP contribution in [0, 0.1) is 0 Å². The van der Waals surface area contributed by atoms with Crippen LogP contribution in [-0.2, 0) is 9.59 Å². The molecule has 0 spiro atoms. The van der Waals surface area contributed by atoms with Crippen LogP contribution >= 0.6 is 0 Å². The largest absolute Gasteiger partial charge is 0.479 e. The van der Waals surface area contributed by atoms with Gasteiger partial charge in [-0.1, -0.05) is 0 Å². The summed E-state index contributed by atoms with van der Waals surface area (Å²) in [5.41, 5.74) is 3.04. The molecule has 0 aromatic heterocycles. The summed E-state index contributed by atoms with van der Waals surface area (Å²) in [4.78, 5) is 21.2. The van der Waals surface area contributed by atoms with Crippen LogP contribution in [0.3, 0.4) is 0 Å². The van der Waals surface area contributed by atoms with Crippen molar-refractivity contribution in [2.75, 3.05) is 0 Å². The van der Waals surface area contributed by atoms with Crippen molar-refractivity contribution < 1.29 is 19.4 Å². The second-order valence-electron chi connectivity index (χ2n) is 3.59. The van der Waals surface area contributed by atoms with Gasteiger partial charge >= 0.3 is 5.97 Å². The van der Waals surface area contributed by atoms with Crippen molar-refractivity contribution in [3.8, 4) is 5.75 Å². The molecule has 0 aliphatic rings. The first-order valence-corrected chi connectivity index (χ1v) is 5.28. The summed E-state index contributed by atoms with van der Waals surface area (Å²) in [6.07, 6.45) is 0.579. The fourth-order valence-electron chi connectivity index (χ4n) is 1.08. The van der Waals surface area contributed by atoms with E-state index in [1.54, 1.807) is 24.3 Å². The molecule has 1 amide bonds. The van der Waals surface area contributed by atoms with E-state index in [2.05, 4.69) is 10.5 Å². The predicted octanol–water partition coefficient (Wildman–Crippen LogP) is 1.01. The predicted molar refractivity (Wildman–Crippen MR) is 65.6 cm³/mol. The highest BCUT2D eigenvalue weighted by molar-refractivity contribution is 5.81. The van der Waals surface area contributed by atoms with Crippen LogP contribution < -0.4 is 10.2 Å². The van der Waals surface area contributed by atoms with Crippen LogP contribution in [0.5, 0.6) is 5.75 Å². The highest BCUT2D eigenvalue weighted by atomic mass is 16.5. The van der Waals surface area contributed by atoms with Gasteiger partial charge in [0.25, 0.3) is 0 Å². The zero-order valence-electron chi connectivity index (χ0n) is 10.1. The van der Waals surface area contributed by atoms with Crippen molar-refractivity contribution in [2.24, 2.45) is 5.10 Å². The summed E-state index contributed by atoms with van der Waals surface area (Å²) in [7, 11) is 0. The third-order valence-corrected chi connectivity index (χ3v) is 1.98. The molecule has 1 aromatic carbocycles. The maximum atomic E-state index is 10.6. The minimum absolute atomic E-state index is 0.249. The molecule has 6 heteroatoms. The van der Waals surface area contributed by atoms with Crippen molar-refractivity contribution in [1.29, 1.82) is 0 Å². The Morgan fingerprint density at radius 2 is 2.00 bits per heavy atom. The number of rotatable bonds is 5. The number of carbonyl (C=O) groups excluding carboxylic acids is 1. The molecule has 0 fully saturated rings. The molecule has 0 radical (unpaired) electrons. The lowest BCUT2D eigenvalue weighted by Gasteiger charge is -2.09. The topological polar surface area (TPSA) is 88.0 Å². The minimum atomic E-state index is -1.02. The molecule has 0 aliphatic heterocycles. The smallest absolute Gasteiger partial charge is 0.344 e. The number of aliphatic carboxylic acids is 1. The lowest BCUT2D eigenvalue weighted by atomic mass is 10.2. The van der Waals surface area contributed by atoms with E-state index in [0.29, 0.717) is 5.75 Å². The number of hydrogen-bond donors (Lipinski definition) is 2. The van der Waals surface area contributed by atoms with E-state index in [0.717, 1.165) is 5.56 Å². The SMILES string of the molecule is CC(=O)N/N=C/c1ccc(OC(C)C(=O)O)cc1. The Bertz CT molecular complexity index is 454. The van der Waals surface area contributed by atoms with E-state index in [-0.39, 0.29) is 5.91 Å². The van der Waals surface area contributed by atoms with Gasteiger partial charge in [0.2, 0.25) is 5.91 Å². The Morgan fingerprint density at radius 1 is 1.39 bits per heavy atom. The van der Waals surface area contributed by atoms with Gasteiger partial charge in [-0.25, -0.2) is 10.2 Å². The number of nitrogens with zero attached hydrogens (tertiary/aromatic N) is 1. The maximum Gasteiger partial charge on any atom is 0.344 e. The first kappa shape index (κ1) is 13.7. The van der Waals surface area contributed by atoms with Crippen molar-refractivity contribution in [3.63, 3.8) is 0 Å². The molecule has 0 heterocycles. The lowest BCUT2D eigenvalue weighted by Crippen LogP contribution is -2.22. The number of amides is 1. The fourth-order valence-corrected chi connectivity index (χ4v) is 1.08. The molecule has 96 valence electrons. The molecule has 0 saturated carbocycles. The number of ether oxygens (including phenoxy) is 1. The molecule has 2 N–H and O–H groups in total. The number of benzene rings is 1. The molecule has 1 atom stereocenters. The molecule has 6 nitrogen and oxygen atoms in total. The summed E-state index contributed by atoms with van der Waals surface area (Å²) < 4.78 is 5.16.